The summed E-state index contributed by atoms with van der Waals surface area (Å²) in [6, 6.07) is 0.858. The Morgan fingerprint density at radius 3 is 2.42 bits per heavy atom. The smallest absolute Gasteiger partial charge is 0.323 e. The third kappa shape index (κ3) is 5.11. The monoisotopic (exact) mass is 270 g/mol. The van der Waals surface area contributed by atoms with E-state index in [1.807, 2.05) is 0 Å². The molecule has 0 saturated carbocycles. The van der Waals surface area contributed by atoms with Crippen molar-refractivity contribution in [3.8, 4) is 0 Å². The minimum absolute atomic E-state index is 0.139. The van der Waals surface area contributed by atoms with Crippen LogP contribution in [-0.2, 0) is 9.53 Å². The molecule has 0 spiro atoms. The summed E-state index contributed by atoms with van der Waals surface area (Å²) in [5, 5.41) is 3.50. The second-order valence-corrected chi connectivity index (χ2v) is 6.17. The van der Waals surface area contributed by atoms with E-state index in [9.17, 15) is 4.79 Å². The van der Waals surface area contributed by atoms with Crippen molar-refractivity contribution in [1.82, 2.24) is 10.2 Å². The Morgan fingerprint density at radius 2 is 1.89 bits per heavy atom. The average molecular weight is 270 g/mol. The van der Waals surface area contributed by atoms with Crippen molar-refractivity contribution in [1.29, 1.82) is 0 Å². The van der Waals surface area contributed by atoms with Gasteiger partial charge in [0.15, 0.2) is 0 Å². The minimum atomic E-state index is -0.180. The molecule has 1 heterocycles. The van der Waals surface area contributed by atoms with Crippen molar-refractivity contribution >= 4 is 5.97 Å². The van der Waals surface area contributed by atoms with Gasteiger partial charge in [-0.3, -0.25) is 4.79 Å². The van der Waals surface area contributed by atoms with Gasteiger partial charge in [0.2, 0.25) is 0 Å². The Morgan fingerprint density at radius 1 is 1.21 bits per heavy atom. The first-order valence-corrected chi connectivity index (χ1v) is 7.53. The third-order valence-electron chi connectivity index (χ3n) is 4.03. The first kappa shape index (κ1) is 16.4. The van der Waals surface area contributed by atoms with Crippen molar-refractivity contribution in [2.24, 2.45) is 5.92 Å². The molecular formula is C15H30N2O2. The molecule has 0 radical (unpaired) electrons. The second kappa shape index (κ2) is 7.85. The number of likely N-dealkylation sites (tertiary alicyclic amines) is 1. The largest absolute Gasteiger partial charge is 0.468 e. The highest BCUT2D eigenvalue weighted by molar-refractivity contribution is 5.75. The molecule has 0 aliphatic carbocycles. The number of methoxy groups -OCH3 is 1. The molecule has 0 bridgehead atoms. The summed E-state index contributed by atoms with van der Waals surface area (Å²) in [6.07, 6.45) is 3.45. The van der Waals surface area contributed by atoms with Crippen LogP contribution >= 0.6 is 0 Å². The molecule has 1 rings (SSSR count). The molecule has 0 aromatic rings. The normalized spacial score (nSPS) is 23.4. The van der Waals surface area contributed by atoms with Crippen LogP contribution in [0.25, 0.3) is 0 Å². The maximum Gasteiger partial charge on any atom is 0.323 e. The summed E-state index contributed by atoms with van der Waals surface area (Å²) in [7, 11) is 1.47. The molecule has 4 heteroatoms. The molecule has 112 valence electrons. The highest BCUT2D eigenvalue weighted by Crippen LogP contribution is 2.15. The number of nitrogens with one attached hydrogen (secondary N) is 1. The highest BCUT2D eigenvalue weighted by Gasteiger charge is 2.27. The van der Waals surface area contributed by atoms with E-state index in [2.05, 4.69) is 37.9 Å². The van der Waals surface area contributed by atoms with Gasteiger partial charge >= 0.3 is 5.97 Å². The summed E-state index contributed by atoms with van der Waals surface area (Å²) in [4.78, 5) is 14.3. The van der Waals surface area contributed by atoms with Gasteiger partial charge in [-0.15, -0.1) is 0 Å². The molecule has 1 aliphatic heterocycles. The fourth-order valence-corrected chi connectivity index (χ4v) is 2.72. The molecular weight excluding hydrogens is 240 g/mol. The van der Waals surface area contributed by atoms with Gasteiger partial charge in [-0.05, 0) is 52.1 Å². The minimum Gasteiger partial charge on any atom is -0.468 e. The number of rotatable bonds is 5. The summed E-state index contributed by atoms with van der Waals surface area (Å²) >= 11 is 0. The Hall–Kier alpha value is -0.610. The zero-order valence-corrected chi connectivity index (χ0v) is 13.1. The van der Waals surface area contributed by atoms with Crippen LogP contribution in [0.15, 0.2) is 0 Å². The first-order chi connectivity index (χ1) is 8.95. The van der Waals surface area contributed by atoms with Crippen molar-refractivity contribution in [2.45, 2.75) is 65.1 Å². The van der Waals surface area contributed by atoms with Crippen molar-refractivity contribution in [3.63, 3.8) is 0 Å². The van der Waals surface area contributed by atoms with E-state index in [0.717, 1.165) is 19.4 Å². The van der Waals surface area contributed by atoms with E-state index in [-0.39, 0.29) is 17.9 Å². The number of nitrogens with zero attached hydrogens (tertiary/aromatic N) is 1. The molecule has 1 saturated heterocycles. The van der Waals surface area contributed by atoms with Gasteiger partial charge in [0.05, 0.1) is 7.11 Å². The van der Waals surface area contributed by atoms with Crippen molar-refractivity contribution in [2.75, 3.05) is 20.2 Å². The van der Waals surface area contributed by atoms with Gasteiger partial charge in [-0.25, -0.2) is 0 Å². The van der Waals surface area contributed by atoms with Gasteiger partial charge in [-0.2, -0.15) is 0 Å². The van der Waals surface area contributed by atoms with Gasteiger partial charge in [0.25, 0.3) is 0 Å². The number of carbonyl (C=O) groups is 1. The second-order valence-electron chi connectivity index (χ2n) is 6.17. The van der Waals surface area contributed by atoms with Crippen LogP contribution in [0.4, 0.5) is 0 Å². The third-order valence-corrected chi connectivity index (χ3v) is 4.03. The molecule has 0 amide bonds. The van der Waals surface area contributed by atoms with E-state index >= 15 is 0 Å². The molecule has 0 aromatic carbocycles. The maximum absolute atomic E-state index is 11.8. The van der Waals surface area contributed by atoms with E-state index in [1.54, 1.807) is 0 Å². The lowest BCUT2D eigenvalue weighted by molar-refractivity contribution is -0.144. The van der Waals surface area contributed by atoms with Crippen molar-refractivity contribution in [3.05, 3.63) is 0 Å². The van der Waals surface area contributed by atoms with Crippen LogP contribution in [0.3, 0.4) is 0 Å². The van der Waals surface area contributed by atoms with E-state index < -0.39 is 0 Å². The summed E-state index contributed by atoms with van der Waals surface area (Å²) in [5.74, 6) is 0.122. The van der Waals surface area contributed by atoms with Gasteiger partial charge in [0.1, 0.15) is 6.04 Å². The first-order valence-electron chi connectivity index (χ1n) is 7.53. The van der Waals surface area contributed by atoms with Crippen LogP contribution < -0.4 is 5.32 Å². The molecule has 0 aromatic heterocycles. The summed E-state index contributed by atoms with van der Waals surface area (Å²) in [6.45, 7) is 10.9. The van der Waals surface area contributed by atoms with E-state index in [4.69, 9.17) is 4.74 Å². The number of hydrogen-bond acceptors (Lipinski definition) is 4. The average Bonchev–Trinajstić information content (AvgIpc) is 2.60. The Kier molecular flexibility index (Phi) is 6.80. The van der Waals surface area contributed by atoms with Crippen LogP contribution in [0, 0.1) is 5.92 Å². The van der Waals surface area contributed by atoms with Gasteiger partial charge < -0.3 is 15.0 Å². The van der Waals surface area contributed by atoms with Crippen LogP contribution in [-0.4, -0.2) is 49.2 Å². The van der Waals surface area contributed by atoms with Crippen LogP contribution in [0.2, 0.25) is 0 Å². The summed E-state index contributed by atoms with van der Waals surface area (Å²) in [5.41, 5.74) is 0. The van der Waals surface area contributed by atoms with Crippen molar-refractivity contribution < 1.29 is 9.53 Å². The number of esters is 1. The fraction of sp³-hybridized carbons (Fsp3) is 0.933. The zero-order chi connectivity index (χ0) is 14.4. The van der Waals surface area contributed by atoms with Crippen LogP contribution in [0.5, 0.6) is 0 Å². The summed E-state index contributed by atoms with van der Waals surface area (Å²) < 4.78 is 4.89. The van der Waals surface area contributed by atoms with E-state index in [1.165, 1.54) is 20.1 Å². The highest BCUT2D eigenvalue weighted by atomic mass is 16.5. The Bertz CT molecular complexity index is 279. The molecule has 1 aliphatic rings. The molecule has 19 heavy (non-hydrogen) atoms. The molecule has 1 fully saturated rings. The lowest BCUT2D eigenvalue weighted by Gasteiger charge is -2.27. The topological polar surface area (TPSA) is 41.6 Å². The Balaban J connectivity index is 2.53. The predicted molar refractivity (Wildman–Crippen MR) is 78.1 cm³/mol. The number of carbonyl (C=O) groups excluding carboxylic acids is 1. The zero-order valence-electron chi connectivity index (χ0n) is 13.1. The molecule has 1 unspecified atom stereocenters. The fourth-order valence-electron chi connectivity index (χ4n) is 2.72. The SMILES string of the molecule is COC(=O)[C@@H](NC1CCCN(C(C)C)CC1)C(C)C. The molecule has 2 atom stereocenters. The standard InChI is InChI=1S/C15H30N2O2/c1-11(2)14(15(18)19-5)16-13-7-6-9-17(10-8-13)12(3)4/h11-14,16H,6-10H2,1-5H3/t13?,14-/m0/s1. The van der Waals surface area contributed by atoms with E-state index in [0.29, 0.717) is 12.1 Å². The van der Waals surface area contributed by atoms with Crippen LogP contribution in [0.1, 0.15) is 47.0 Å². The lowest BCUT2D eigenvalue weighted by Crippen LogP contribution is -2.47. The van der Waals surface area contributed by atoms with Gasteiger partial charge in [0, 0.05) is 12.1 Å². The Labute approximate surface area is 117 Å². The predicted octanol–water partition coefficient (Wildman–Crippen LogP) is 2.04. The maximum atomic E-state index is 11.8. The lowest BCUT2D eigenvalue weighted by atomic mass is 10.0. The molecule has 4 nitrogen and oxygen atoms in total. The number of ether oxygens (including phenoxy) is 1. The molecule has 1 N–H and O–H groups in total. The van der Waals surface area contributed by atoms with Gasteiger partial charge in [-0.1, -0.05) is 13.8 Å². The number of hydrogen-bond donors (Lipinski definition) is 1. The quantitative estimate of drug-likeness (QED) is 0.776.